The molecule has 8 heteroatoms. The van der Waals surface area contributed by atoms with E-state index in [-0.39, 0.29) is 5.91 Å². The maximum Gasteiger partial charge on any atom is 0.272 e. The highest BCUT2D eigenvalue weighted by Crippen LogP contribution is 2.15. The van der Waals surface area contributed by atoms with Gasteiger partial charge in [-0.15, -0.1) is 0 Å². The lowest BCUT2D eigenvalue weighted by molar-refractivity contribution is 0.0740. The first-order chi connectivity index (χ1) is 12.7. The number of carbonyl (C=O) groups excluding carboxylic acids is 1. The molecule has 0 aromatic carbocycles. The van der Waals surface area contributed by atoms with Crippen LogP contribution in [0.1, 0.15) is 16.2 Å². The molecule has 1 aliphatic heterocycles. The Hall–Kier alpha value is -2.74. The van der Waals surface area contributed by atoms with Gasteiger partial charge in [-0.05, 0) is 25.1 Å². The number of amides is 1. The molecule has 138 valence electrons. The van der Waals surface area contributed by atoms with Gasteiger partial charge < -0.3 is 19.9 Å². The fraction of sp³-hybridized carbons (Fsp3) is 0.444. The molecular formula is C18H24N6O2. The maximum atomic E-state index is 12.8. The van der Waals surface area contributed by atoms with Gasteiger partial charge in [0, 0.05) is 51.7 Å². The van der Waals surface area contributed by atoms with E-state index < -0.39 is 0 Å². The van der Waals surface area contributed by atoms with Gasteiger partial charge in [-0.25, -0.2) is 15.0 Å². The van der Waals surface area contributed by atoms with Gasteiger partial charge in [-0.1, -0.05) is 6.07 Å². The van der Waals surface area contributed by atoms with Crippen molar-refractivity contribution in [3.8, 4) is 0 Å². The second-order valence-electron chi connectivity index (χ2n) is 6.10. The number of aryl methyl sites for hydroxylation is 1. The normalized spacial score (nSPS) is 14.4. The summed E-state index contributed by atoms with van der Waals surface area (Å²) in [5.41, 5.74) is 1.18. The zero-order valence-electron chi connectivity index (χ0n) is 15.2. The molecule has 1 fully saturated rings. The van der Waals surface area contributed by atoms with Gasteiger partial charge in [-0.2, -0.15) is 0 Å². The Labute approximate surface area is 153 Å². The number of nitrogens with zero attached hydrogens (tertiary/aromatic N) is 5. The third kappa shape index (κ3) is 4.45. The van der Waals surface area contributed by atoms with Gasteiger partial charge in [0.05, 0.1) is 6.61 Å². The van der Waals surface area contributed by atoms with Gasteiger partial charge >= 0.3 is 0 Å². The molecule has 3 rings (SSSR count). The van der Waals surface area contributed by atoms with E-state index in [1.165, 1.54) is 0 Å². The van der Waals surface area contributed by atoms with Crippen molar-refractivity contribution in [3.05, 3.63) is 41.9 Å². The number of rotatable bonds is 6. The van der Waals surface area contributed by atoms with Gasteiger partial charge in [0.1, 0.15) is 11.5 Å². The first-order valence-corrected chi connectivity index (χ1v) is 8.71. The highest BCUT2D eigenvalue weighted by molar-refractivity contribution is 5.92. The Morgan fingerprint density at radius 3 is 2.73 bits per heavy atom. The van der Waals surface area contributed by atoms with Crippen molar-refractivity contribution < 1.29 is 9.53 Å². The summed E-state index contributed by atoms with van der Waals surface area (Å²) in [6, 6.07) is 7.60. The molecule has 1 N–H and O–H groups in total. The van der Waals surface area contributed by atoms with E-state index in [0.29, 0.717) is 37.9 Å². The summed E-state index contributed by atoms with van der Waals surface area (Å²) in [6.07, 6.45) is 1.79. The van der Waals surface area contributed by atoms with Crippen molar-refractivity contribution in [1.29, 1.82) is 0 Å². The number of anilines is 2. The van der Waals surface area contributed by atoms with Crippen LogP contribution in [0.15, 0.2) is 30.5 Å². The number of nitrogens with one attached hydrogen (secondary N) is 1. The van der Waals surface area contributed by atoms with Gasteiger partial charge in [0.15, 0.2) is 0 Å². The lowest BCUT2D eigenvalue weighted by atomic mass is 10.2. The highest BCUT2D eigenvalue weighted by atomic mass is 16.5. The van der Waals surface area contributed by atoms with Crippen LogP contribution in [0.5, 0.6) is 0 Å². The summed E-state index contributed by atoms with van der Waals surface area (Å²) in [7, 11) is 1.64. The molecule has 0 bridgehead atoms. The molecule has 0 spiro atoms. The van der Waals surface area contributed by atoms with Crippen molar-refractivity contribution in [2.24, 2.45) is 0 Å². The molecular weight excluding hydrogens is 332 g/mol. The van der Waals surface area contributed by atoms with E-state index in [9.17, 15) is 4.79 Å². The molecule has 0 unspecified atom stereocenters. The minimum atomic E-state index is -0.0639. The standard InChI is InChI=1S/C18H24N6O2/c1-14-13-15(22-18(21-14)20-7-12-26-2)17(25)24-10-8-23(9-11-24)16-5-3-4-6-19-16/h3-6,13H,7-12H2,1-2H3,(H,20,21,22). The van der Waals surface area contributed by atoms with Gasteiger partial charge in [-0.3, -0.25) is 4.79 Å². The van der Waals surface area contributed by atoms with E-state index in [1.54, 1.807) is 19.4 Å². The van der Waals surface area contributed by atoms with Crippen LogP contribution in [-0.2, 0) is 4.74 Å². The van der Waals surface area contributed by atoms with Crippen LogP contribution in [0.3, 0.4) is 0 Å². The predicted molar refractivity (Wildman–Crippen MR) is 99.5 cm³/mol. The van der Waals surface area contributed by atoms with Crippen molar-refractivity contribution in [2.75, 3.05) is 56.7 Å². The average Bonchev–Trinajstić information content (AvgIpc) is 2.68. The molecule has 26 heavy (non-hydrogen) atoms. The van der Waals surface area contributed by atoms with E-state index in [4.69, 9.17) is 4.74 Å². The third-order valence-electron chi connectivity index (χ3n) is 4.20. The molecule has 8 nitrogen and oxygen atoms in total. The van der Waals surface area contributed by atoms with Gasteiger partial charge in [0.2, 0.25) is 5.95 Å². The SMILES string of the molecule is COCCNc1nc(C)cc(C(=O)N2CCN(c3ccccn3)CC2)n1. The van der Waals surface area contributed by atoms with Crippen LogP contribution >= 0.6 is 0 Å². The monoisotopic (exact) mass is 356 g/mol. The summed E-state index contributed by atoms with van der Waals surface area (Å²) in [5, 5.41) is 3.08. The molecule has 0 saturated carbocycles. The van der Waals surface area contributed by atoms with Crippen LogP contribution in [-0.4, -0.2) is 72.2 Å². The number of methoxy groups -OCH3 is 1. The van der Waals surface area contributed by atoms with Crippen LogP contribution < -0.4 is 10.2 Å². The second kappa shape index (κ2) is 8.57. The smallest absolute Gasteiger partial charge is 0.272 e. The second-order valence-corrected chi connectivity index (χ2v) is 6.10. The Balaban J connectivity index is 1.63. The fourth-order valence-electron chi connectivity index (χ4n) is 2.86. The van der Waals surface area contributed by atoms with Crippen molar-refractivity contribution in [3.63, 3.8) is 0 Å². The van der Waals surface area contributed by atoms with Crippen molar-refractivity contribution in [2.45, 2.75) is 6.92 Å². The quantitative estimate of drug-likeness (QED) is 0.779. The summed E-state index contributed by atoms with van der Waals surface area (Å²) in [6.45, 7) is 5.80. The fourth-order valence-corrected chi connectivity index (χ4v) is 2.86. The molecule has 0 radical (unpaired) electrons. The predicted octanol–water partition coefficient (Wildman–Crippen LogP) is 1.20. The zero-order chi connectivity index (χ0) is 18.4. The molecule has 2 aromatic rings. The average molecular weight is 356 g/mol. The van der Waals surface area contributed by atoms with Crippen LogP contribution in [0.4, 0.5) is 11.8 Å². The Morgan fingerprint density at radius 1 is 1.23 bits per heavy atom. The Kier molecular flexibility index (Phi) is 5.96. The van der Waals surface area contributed by atoms with Gasteiger partial charge in [0.25, 0.3) is 5.91 Å². The molecule has 3 heterocycles. The van der Waals surface area contributed by atoms with E-state index in [2.05, 4.69) is 25.2 Å². The Morgan fingerprint density at radius 2 is 2.04 bits per heavy atom. The number of carbonyl (C=O) groups is 1. The first-order valence-electron chi connectivity index (χ1n) is 8.71. The van der Waals surface area contributed by atoms with E-state index in [0.717, 1.165) is 24.6 Å². The molecule has 1 aliphatic rings. The van der Waals surface area contributed by atoms with E-state index >= 15 is 0 Å². The lowest BCUT2D eigenvalue weighted by Crippen LogP contribution is -2.49. The summed E-state index contributed by atoms with van der Waals surface area (Å²) >= 11 is 0. The number of hydrogen-bond acceptors (Lipinski definition) is 7. The number of hydrogen-bond donors (Lipinski definition) is 1. The number of ether oxygens (including phenoxy) is 1. The summed E-state index contributed by atoms with van der Waals surface area (Å²) in [5.74, 6) is 1.34. The van der Waals surface area contributed by atoms with E-state index in [1.807, 2.05) is 30.0 Å². The largest absolute Gasteiger partial charge is 0.383 e. The van der Waals surface area contributed by atoms with Crippen LogP contribution in [0.2, 0.25) is 0 Å². The number of aromatic nitrogens is 3. The van der Waals surface area contributed by atoms with Crippen molar-refractivity contribution >= 4 is 17.7 Å². The first kappa shape index (κ1) is 18.1. The lowest BCUT2D eigenvalue weighted by Gasteiger charge is -2.35. The topological polar surface area (TPSA) is 83.5 Å². The maximum absolute atomic E-state index is 12.8. The number of pyridine rings is 1. The molecule has 0 atom stereocenters. The highest BCUT2D eigenvalue weighted by Gasteiger charge is 2.24. The zero-order valence-corrected chi connectivity index (χ0v) is 15.2. The molecule has 1 amide bonds. The van der Waals surface area contributed by atoms with Crippen LogP contribution in [0, 0.1) is 6.92 Å². The minimum absolute atomic E-state index is 0.0639. The van der Waals surface area contributed by atoms with Crippen LogP contribution in [0.25, 0.3) is 0 Å². The van der Waals surface area contributed by atoms with Crippen molar-refractivity contribution in [1.82, 2.24) is 19.9 Å². The summed E-state index contributed by atoms with van der Waals surface area (Å²) in [4.78, 5) is 29.9. The molecule has 1 saturated heterocycles. The number of piperazine rings is 1. The molecule has 0 aliphatic carbocycles. The third-order valence-corrected chi connectivity index (χ3v) is 4.20. The molecule has 2 aromatic heterocycles. The minimum Gasteiger partial charge on any atom is -0.383 e. The Bertz CT molecular complexity index is 732. The summed E-state index contributed by atoms with van der Waals surface area (Å²) < 4.78 is 5.01.